The van der Waals surface area contributed by atoms with E-state index in [1.807, 2.05) is 24.3 Å². The van der Waals surface area contributed by atoms with Gasteiger partial charge in [0.05, 0.1) is 31.4 Å². The van der Waals surface area contributed by atoms with Crippen molar-refractivity contribution in [2.75, 3.05) is 30.5 Å². The number of nitrogens with one attached hydrogen (secondary N) is 1. The lowest BCUT2D eigenvalue weighted by Crippen LogP contribution is -2.39. The quantitative estimate of drug-likeness (QED) is 0.270. The molecule has 1 atom stereocenters. The van der Waals surface area contributed by atoms with Crippen molar-refractivity contribution in [1.29, 1.82) is 0 Å². The fourth-order valence-electron chi connectivity index (χ4n) is 4.27. The van der Waals surface area contributed by atoms with Gasteiger partial charge in [-0.15, -0.1) is 0 Å². The average molecular weight is 566 g/mol. The summed E-state index contributed by atoms with van der Waals surface area (Å²) in [6.45, 7) is 2.44. The number of methoxy groups -OCH3 is 1. The number of anilines is 2. The van der Waals surface area contributed by atoms with Gasteiger partial charge < -0.3 is 19.7 Å². The second-order valence-electron chi connectivity index (χ2n) is 8.79. The van der Waals surface area contributed by atoms with Crippen molar-refractivity contribution in [3.05, 3.63) is 88.9 Å². The molecule has 39 heavy (non-hydrogen) atoms. The first kappa shape index (κ1) is 28.1. The highest BCUT2D eigenvalue weighted by molar-refractivity contribution is 7.80. The van der Waals surface area contributed by atoms with Crippen LogP contribution < -0.4 is 15.0 Å². The van der Waals surface area contributed by atoms with Crippen LogP contribution in [0.4, 0.5) is 11.4 Å². The summed E-state index contributed by atoms with van der Waals surface area (Å²) in [5, 5.41) is 3.59. The van der Waals surface area contributed by atoms with E-state index >= 15 is 0 Å². The third kappa shape index (κ3) is 6.74. The van der Waals surface area contributed by atoms with Crippen molar-refractivity contribution in [3.63, 3.8) is 0 Å². The number of benzene rings is 3. The molecular formula is C29H28ClN3O5S. The topological polar surface area (TPSA) is 88.2 Å². The molecule has 0 unspecified atom stereocenters. The van der Waals surface area contributed by atoms with Crippen LogP contribution in [0.25, 0.3) is 0 Å². The number of thiocarbonyl (C=S) groups is 1. The van der Waals surface area contributed by atoms with Crippen molar-refractivity contribution in [1.82, 2.24) is 4.90 Å². The molecule has 10 heteroatoms. The zero-order valence-corrected chi connectivity index (χ0v) is 23.1. The number of hydrogen-bond acceptors (Lipinski definition) is 6. The molecule has 8 nitrogen and oxygen atoms in total. The maximum absolute atomic E-state index is 13.6. The van der Waals surface area contributed by atoms with E-state index in [2.05, 4.69) is 5.32 Å². The van der Waals surface area contributed by atoms with Gasteiger partial charge in [-0.1, -0.05) is 29.8 Å². The van der Waals surface area contributed by atoms with Crippen LogP contribution in [0.5, 0.6) is 5.75 Å². The van der Waals surface area contributed by atoms with E-state index in [1.165, 1.54) is 4.90 Å². The fourth-order valence-corrected chi connectivity index (χ4v) is 4.87. The number of carbonyl (C=O) groups is 3. The Morgan fingerprint density at radius 3 is 2.41 bits per heavy atom. The largest absolute Gasteiger partial charge is 0.497 e. The molecule has 1 N–H and O–H groups in total. The number of nitrogens with zero attached hydrogens (tertiary/aromatic N) is 2. The number of amides is 2. The molecular weight excluding hydrogens is 538 g/mol. The van der Waals surface area contributed by atoms with Crippen molar-refractivity contribution >= 4 is 58.1 Å². The SMILES string of the molecule is CCOC(=O)c1ccc(NC(=O)C[C@@H]2C(=O)N(c3cccc(Cl)c3)C(=S)N2CCc2ccc(OC)cc2)cc1. The lowest BCUT2D eigenvalue weighted by Gasteiger charge is -2.24. The maximum atomic E-state index is 13.6. The molecule has 1 fully saturated rings. The first-order valence-electron chi connectivity index (χ1n) is 12.4. The third-order valence-corrected chi connectivity index (χ3v) is 6.90. The first-order chi connectivity index (χ1) is 18.8. The van der Waals surface area contributed by atoms with Crippen LogP contribution in [0.2, 0.25) is 5.02 Å². The molecule has 3 aromatic carbocycles. The van der Waals surface area contributed by atoms with E-state index in [1.54, 1.807) is 67.5 Å². The number of ether oxygens (including phenoxy) is 2. The van der Waals surface area contributed by atoms with E-state index < -0.39 is 12.0 Å². The lowest BCUT2D eigenvalue weighted by molar-refractivity contribution is -0.124. The molecule has 0 bridgehead atoms. The predicted octanol–water partition coefficient (Wildman–Crippen LogP) is 5.10. The summed E-state index contributed by atoms with van der Waals surface area (Å²) in [5.74, 6) is -0.344. The summed E-state index contributed by atoms with van der Waals surface area (Å²) in [4.78, 5) is 41.8. The highest BCUT2D eigenvalue weighted by Gasteiger charge is 2.44. The van der Waals surface area contributed by atoms with Crippen molar-refractivity contribution < 1.29 is 23.9 Å². The molecule has 1 saturated heterocycles. The highest BCUT2D eigenvalue weighted by Crippen LogP contribution is 2.29. The Labute approximate surface area is 237 Å². The molecule has 3 aromatic rings. The smallest absolute Gasteiger partial charge is 0.338 e. The first-order valence-corrected chi connectivity index (χ1v) is 13.2. The molecule has 1 aliphatic rings. The van der Waals surface area contributed by atoms with Crippen LogP contribution in [-0.2, 0) is 20.7 Å². The molecule has 0 saturated carbocycles. The predicted molar refractivity (Wildman–Crippen MR) is 154 cm³/mol. The monoisotopic (exact) mass is 565 g/mol. The van der Waals surface area contributed by atoms with E-state index in [0.29, 0.717) is 40.0 Å². The maximum Gasteiger partial charge on any atom is 0.338 e. The molecule has 4 rings (SSSR count). The second-order valence-corrected chi connectivity index (χ2v) is 9.60. The minimum atomic E-state index is -0.798. The van der Waals surface area contributed by atoms with E-state index in [4.69, 9.17) is 33.3 Å². The van der Waals surface area contributed by atoms with Gasteiger partial charge in [0.1, 0.15) is 11.8 Å². The summed E-state index contributed by atoms with van der Waals surface area (Å²) >= 11 is 11.9. The van der Waals surface area contributed by atoms with Gasteiger partial charge in [0.2, 0.25) is 5.91 Å². The van der Waals surface area contributed by atoms with Gasteiger partial charge in [0, 0.05) is 17.3 Å². The zero-order valence-electron chi connectivity index (χ0n) is 21.6. The van der Waals surface area contributed by atoms with E-state index in [-0.39, 0.29) is 24.8 Å². The minimum Gasteiger partial charge on any atom is -0.497 e. The third-order valence-electron chi connectivity index (χ3n) is 6.24. The van der Waals surface area contributed by atoms with Crippen LogP contribution in [0.15, 0.2) is 72.8 Å². The Balaban J connectivity index is 1.51. The zero-order chi connectivity index (χ0) is 27.9. The number of esters is 1. The van der Waals surface area contributed by atoms with Gasteiger partial charge in [-0.25, -0.2) is 4.79 Å². The molecule has 0 spiro atoms. The lowest BCUT2D eigenvalue weighted by atomic mass is 10.1. The summed E-state index contributed by atoms with van der Waals surface area (Å²) in [7, 11) is 1.61. The van der Waals surface area contributed by atoms with Crippen LogP contribution in [0, 0.1) is 0 Å². The summed E-state index contributed by atoms with van der Waals surface area (Å²) < 4.78 is 10.2. The Kier molecular flexibility index (Phi) is 9.16. The molecule has 0 aromatic heterocycles. The number of halogens is 1. The van der Waals surface area contributed by atoms with E-state index in [9.17, 15) is 14.4 Å². The summed E-state index contributed by atoms with van der Waals surface area (Å²) in [6, 6.07) is 20.1. The van der Waals surface area contributed by atoms with Gasteiger partial charge >= 0.3 is 5.97 Å². The minimum absolute atomic E-state index is 0.113. The molecule has 2 amide bonds. The van der Waals surface area contributed by atoms with Gasteiger partial charge in [-0.3, -0.25) is 14.5 Å². The summed E-state index contributed by atoms with van der Waals surface area (Å²) in [6.07, 6.45) is 0.493. The summed E-state index contributed by atoms with van der Waals surface area (Å²) in [5.41, 5.74) is 2.46. The molecule has 1 heterocycles. The average Bonchev–Trinajstić information content (AvgIpc) is 3.16. The second kappa shape index (κ2) is 12.7. The number of hydrogen-bond donors (Lipinski definition) is 1. The normalized spacial score (nSPS) is 14.9. The van der Waals surface area contributed by atoms with Gasteiger partial charge in [-0.05, 0) is 85.7 Å². The van der Waals surface area contributed by atoms with Crippen molar-refractivity contribution in [3.8, 4) is 5.75 Å². The molecule has 0 aliphatic carbocycles. The Bertz CT molecular complexity index is 1360. The van der Waals surface area contributed by atoms with Crippen LogP contribution in [-0.4, -0.2) is 54.1 Å². The molecule has 1 aliphatic heterocycles. The van der Waals surface area contributed by atoms with Gasteiger partial charge in [0.15, 0.2) is 5.11 Å². The van der Waals surface area contributed by atoms with Gasteiger partial charge in [0.25, 0.3) is 5.91 Å². The van der Waals surface area contributed by atoms with Crippen LogP contribution in [0.1, 0.15) is 29.3 Å². The van der Waals surface area contributed by atoms with Crippen LogP contribution >= 0.6 is 23.8 Å². The fraction of sp³-hybridized carbons (Fsp3) is 0.241. The Hall–Kier alpha value is -3.95. The number of rotatable bonds is 10. The van der Waals surface area contributed by atoms with E-state index in [0.717, 1.165) is 11.3 Å². The number of carbonyl (C=O) groups excluding carboxylic acids is 3. The van der Waals surface area contributed by atoms with Crippen molar-refractivity contribution in [2.24, 2.45) is 0 Å². The highest BCUT2D eigenvalue weighted by atomic mass is 35.5. The molecule has 202 valence electrons. The van der Waals surface area contributed by atoms with Gasteiger partial charge in [-0.2, -0.15) is 0 Å². The van der Waals surface area contributed by atoms with Crippen molar-refractivity contribution in [2.45, 2.75) is 25.8 Å². The molecule has 0 radical (unpaired) electrons. The van der Waals surface area contributed by atoms with Crippen LogP contribution in [0.3, 0.4) is 0 Å². The standard InChI is InChI=1S/C29H28ClN3O5S/c1-3-38-28(36)20-9-11-22(12-10-20)31-26(34)18-25-27(35)33(23-6-4-5-21(30)17-23)29(39)32(25)16-15-19-7-13-24(37-2)14-8-19/h4-14,17,25H,3,15-16,18H2,1-2H3,(H,31,34)/t25-/m1/s1. The Morgan fingerprint density at radius 2 is 1.77 bits per heavy atom. The Morgan fingerprint density at radius 1 is 1.05 bits per heavy atom.